The molecule has 0 radical (unpaired) electrons. The molecule has 0 saturated heterocycles. The summed E-state index contributed by atoms with van der Waals surface area (Å²) in [7, 11) is 4.97. The lowest BCUT2D eigenvalue weighted by Gasteiger charge is -2.34. The van der Waals surface area contributed by atoms with E-state index in [-0.39, 0.29) is 30.8 Å². The van der Waals surface area contributed by atoms with Crippen LogP contribution in [0, 0.1) is 0 Å². The molecule has 0 aliphatic carbocycles. The van der Waals surface area contributed by atoms with Crippen LogP contribution in [0.25, 0.3) is 0 Å². The largest absolute Gasteiger partial charge is 0.493 e. The topological polar surface area (TPSA) is 85.4 Å². The Hall–Kier alpha value is -4.59. The second kappa shape index (κ2) is 13.9. The molecule has 1 atom stereocenters. The molecule has 3 aromatic carbocycles. The number of rotatable bonds is 11. The van der Waals surface area contributed by atoms with Gasteiger partial charge < -0.3 is 24.0 Å². The van der Waals surface area contributed by atoms with E-state index in [9.17, 15) is 14.4 Å². The number of esters is 1. The van der Waals surface area contributed by atoms with Gasteiger partial charge in [0.2, 0.25) is 5.91 Å². The average Bonchev–Trinajstić information content (AvgIpc) is 3.01. The lowest BCUT2D eigenvalue weighted by Crippen LogP contribution is -2.38. The van der Waals surface area contributed by atoms with Gasteiger partial charge in [0.05, 0.1) is 32.9 Å². The lowest BCUT2D eigenvalue weighted by molar-refractivity contribution is -0.140. The third-order valence-corrected chi connectivity index (χ3v) is 7.59. The van der Waals surface area contributed by atoms with Crippen LogP contribution in [0.2, 0.25) is 0 Å². The zero-order chi connectivity index (χ0) is 30.2. The number of benzene rings is 3. The van der Waals surface area contributed by atoms with Crippen molar-refractivity contribution in [2.45, 2.75) is 39.2 Å². The highest BCUT2D eigenvalue weighted by molar-refractivity contribution is 5.96. The highest BCUT2D eigenvalue weighted by Crippen LogP contribution is 2.37. The van der Waals surface area contributed by atoms with Crippen molar-refractivity contribution in [3.63, 3.8) is 0 Å². The first-order valence-corrected chi connectivity index (χ1v) is 14.1. The van der Waals surface area contributed by atoms with Crippen molar-refractivity contribution in [2.75, 3.05) is 34.4 Å². The molecule has 0 fully saturated rings. The molecule has 1 heterocycles. The second-order valence-electron chi connectivity index (χ2n) is 10.2. The van der Waals surface area contributed by atoms with Gasteiger partial charge in [-0.1, -0.05) is 48.5 Å². The predicted molar refractivity (Wildman–Crippen MR) is 160 cm³/mol. The fourth-order valence-corrected chi connectivity index (χ4v) is 5.24. The molecule has 0 N–H and O–H groups in total. The Morgan fingerprint density at radius 2 is 1.60 bits per heavy atom. The van der Waals surface area contributed by atoms with Gasteiger partial charge in [0.1, 0.15) is 0 Å². The Balaban J connectivity index is 1.45. The third kappa shape index (κ3) is 6.82. The minimum atomic E-state index is -0.404. The highest BCUT2D eigenvalue weighted by atomic mass is 16.5. The monoisotopic (exact) mass is 570 g/mol. The maximum Gasteiger partial charge on any atom is 0.336 e. The fourth-order valence-electron chi connectivity index (χ4n) is 5.24. The van der Waals surface area contributed by atoms with E-state index in [2.05, 4.69) is 0 Å². The number of amides is 2. The van der Waals surface area contributed by atoms with Crippen LogP contribution in [0.3, 0.4) is 0 Å². The summed E-state index contributed by atoms with van der Waals surface area (Å²) in [6.45, 7) is 4.64. The fraction of sp³-hybridized carbons (Fsp3) is 0.324. The van der Waals surface area contributed by atoms with E-state index < -0.39 is 5.97 Å². The Bertz CT molecular complexity index is 1450. The summed E-state index contributed by atoms with van der Waals surface area (Å²) in [4.78, 5) is 42.7. The van der Waals surface area contributed by atoms with Crippen molar-refractivity contribution >= 4 is 17.8 Å². The van der Waals surface area contributed by atoms with Gasteiger partial charge in [0.15, 0.2) is 11.5 Å². The molecule has 1 aliphatic heterocycles. The van der Waals surface area contributed by atoms with Crippen molar-refractivity contribution in [3.05, 3.63) is 106 Å². The van der Waals surface area contributed by atoms with Crippen LogP contribution in [0.5, 0.6) is 11.5 Å². The van der Waals surface area contributed by atoms with Crippen LogP contribution < -0.4 is 9.47 Å². The second-order valence-corrected chi connectivity index (χ2v) is 10.2. The molecule has 1 aliphatic rings. The number of ether oxygens (including phenoxy) is 3. The Kier molecular flexibility index (Phi) is 10.0. The first-order valence-electron chi connectivity index (χ1n) is 14.1. The smallest absolute Gasteiger partial charge is 0.336 e. The van der Waals surface area contributed by atoms with E-state index in [0.29, 0.717) is 47.8 Å². The number of hydrogen-bond donors (Lipinski definition) is 0. The number of nitrogens with zero attached hydrogens (tertiary/aromatic N) is 2. The summed E-state index contributed by atoms with van der Waals surface area (Å²) < 4.78 is 16.1. The quantitative estimate of drug-likeness (QED) is 0.288. The van der Waals surface area contributed by atoms with Crippen LogP contribution in [-0.4, -0.2) is 62.0 Å². The molecule has 8 heteroatoms. The van der Waals surface area contributed by atoms with E-state index in [4.69, 9.17) is 14.2 Å². The maximum atomic E-state index is 13.3. The van der Waals surface area contributed by atoms with E-state index in [1.54, 1.807) is 57.0 Å². The Morgan fingerprint density at radius 3 is 2.24 bits per heavy atom. The molecular weight excluding hydrogens is 532 g/mol. The zero-order valence-electron chi connectivity index (χ0n) is 24.9. The zero-order valence-corrected chi connectivity index (χ0v) is 24.9. The number of carbonyl (C=O) groups excluding carboxylic acids is 3. The molecule has 42 heavy (non-hydrogen) atoms. The van der Waals surface area contributed by atoms with Crippen LogP contribution in [0.4, 0.5) is 0 Å². The van der Waals surface area contributed by atoms with Crippen LogP contribution in [-0.2, 0) is 27.3 Å². The summed E-state index contributed by atoms with van der Waals surface area (Å²) in [6.07, 6.45) is 0.840. The van der Waals surface area contributed by atoms with Gasteiger partial charge in [-0.15, -0.1) is 0 Å². The maximum absolute atomic E-state index is 13.3. The van der Waals surface area contributed by atoms with Gasteiger partial charge in [-0.25, -0.2) is 4.79 Å². The summed E-state index contributed by atoms with van der Waals surface area (Å²) in [5, 5.41) is 0. The number of methoxy groups -OCH3 is 2. The van der Waals surface area contributed by atoms with Gasteiger partial charge in [-0.05, 0) is 61.2 Å². The molecular formula is C34H38N2O6. The van der Waals surface area contributed by atoms with E-state index in [0.717, 1.165) is 16.7 Å². The molecule has 1 unspecified atom stereocenters. The van der Waals surface area contributed by atoms with E-state index in [1.165, 1.54) is 0 Å². The van der Waals surface area contributed by atoms with Gasteiger partial charge in [-0.2, -0.15) is 0 Å². The molecule has 0 aromatic heterocycles. The average molecular weight is 571 g/mol. The summed E-state index contributed by atoms with van der Waals surface area (Å²) in [6, 6.07) is 22.6. The van der Waals surface area contributed by atoms with Gasteiger partial charge in [-0.3, -0.25) is 9.59 Å². The molecule has 0 spiro atoms. The van der Waals surface area contributed by atoms with Crippen molar-refractivity contribution in [2.24, 2.45) is 0 Å². The van der Waals surface area contributed by atoms with Crippen molar-refractivity contribution < 1.29 is 28.6 Å². The van der Waals surface area contributed by atoms with Crippen LogP contribution in [0.15, 0.2) is 84.1 Å². The Labute approximate surface area is 247 Å². The number of hydrogen-bond acceptors (Lipinski definition) is 6. The number of carbonyl (C=O) groups is 3. The normalized spacial score (nSPS) is 14.9. The molecule has 0 saturated carbocycles. The molecule has 220 valence electrons. The summed E-state index contributed by atoms with van der Waals surface area (Å²) >= 11 is 0. The molecule has 4 rings (SSSR count). The summed E-state index contributed by atoms with van der Waals surface area (Å²) in [5.74, 6) is 0.395. The third-order valence-electron chi connectivity index (χ3n) is 7.59. The van der Waals surface area contributed by atoms with Crippen LogP contribution >= 0.6 is 0 Å². The SMILES string of the molecule is CCOC(=O)C1=C(C)N(Cc2ccc(C(=O)N(C)CCc3ccc(OC)c(OC)c3)cc2)C(=O)CC1c1ccccc1. The van der Waals surface area contributed by atoms with Gasteiger partial charge in [0, 0.05) is 37.2 Å². The lowest BCUT2D eigenvalue weighted by atomic mass is 9.83. The van der Waals surface area contributed by atoms with Gasteiger partial charge in [0.25, 0.3) is 5.91 Å². The molecule has 0 bridgehead atoms. The van der Waals surface area contributed by atoms with Crippen molar-refractivity contribution in [1.82, 2.24) is 9.80 Å². The number of likely N-dealkylation sites (N-methyl/N-ethyl adjacent to an activating group) is 1. The molecule has 3 aromatic rings. The summed E-state index contributed by atoms with van der Waals surface area (Å²) in [5.41, 5.74) is 4.45. The van der Waals surface area contributed by atoms with Gasteiger partial charge >= 0.3 is 5.97 Å². The van der Waals surface area contributed by atoms with E-state index >= 15 is 0 Å². The van der Waals surface area contributed by atoms with Crippen molar-refractivity contribution in [1.29, 1.82) is 0 Å². The van der Waals surface area contributed by atoms with Crippen LogP contribution in [0.1, 0.15) is 53.2 Å². The van der Waals surface area contributed by atoms with E-state index in [1.807, 2.05) is 60.7 Å². The predicted octanol–water partition coefficient (Wildman–Crippen LogP) is 5.37. The number of allylic oxidation sites excluding steroid dienone is 1. The highest BCUT2D eigenvalue weighted by Gasteiger charge is 2.36. The minimum absolute atomic E-state index is 0.0653. The minimum Gasteiger partial charge on any atom is -0.493 e. The van der Waals surface area contributed by atoms with Crippen molar-refractivity contribution in [3.8, 4) is 11.5 Å². The first kappa shape index (κ1) is 30.4. The molecule has 8 nitrogen and oxygen atoms in total. The molecule has 2 amide bonds. The Morgan fingerprint density at radius 1 is 0.929 bits per heavy atom. The first-order chi connectivity index (χ1) is 20.3. The standard InChI is InChI=1S/C34H38N2O6/c1-6-42-34(39)32-23(2)36(31(37)21-28(32)26-10-8-7-9-11-26)22-25-12-15-27(16-13-25)33(38)35(3)19-18-24-14-17-29(40-4)30(20-24)41-5/h7-17,20,28H,6,18-19,21-22H2,1-5H3.